The van der Waals surface area contributed by atoms with Gasteiger partial charge in [-0.15, -0.1) is 11.8 Å². The van der Waals surface area contributed by atoms with Crippen molar-refractivity contribution >= 4 is 23.3 Å². The molecule has 1 aromatic rings. The molecule has 0 fully saturated rings. The molecule has 0 heterocycles. The minimum atomic E-state index is -0.282. The van der Waals surface area contributed by atoms with Crippen LogP contribution < -0.4 is 0 Å². The molecule has 0 spiro atoms. The summed E-state index contributed by atoms with van der Waals surface area (Å²) in [6.07, 6.45) is 0. The molecule has 2 nitrogen and oxygen atoms in total. The molecule has 1 aromatic carbocycles. The van der Waals surface area contributed by atoms with Crippen LogP contribution >= 0.6 is 11.8 Å². The summed E-state index contributed by atoms with van der Waals surface area (Å²) in [7, 11) is 1.41. The summed E-state index contributed by atoms with van der Waals surface area (Å²) in [5.74, 6) is 0.655. The molecule has 0 aromatic heterocycles. The summed E-state index contributed by atoms with van der Waals surface area (Å²) in [5.41, 5.74) is 2.65. The second-order valence-corrected chi connectivity index (χ2v) is 4.44. The fourth-order valence-electron chi connectivity index (χ4n) is 1.37. The summed E-state index contributed by atoms with van der Waals surface area (Å²) in [6, 6.07) is 7.81. The van der Waals surface area contributed by atoms with Crippen molar-refractivity contribution in [1.29, 1.82) is 0 Å². The van der Waals surface area contributed by atoms with Crippen molar-refractivity contribution in [1.82, 2.24) is 0 Å². The summed E-state index contributed by atoms with van der Waals surface area (Å²) < 4.78 is 4.80. The van der Waals surface area contributed by atoms with Crippen LogP contribution in [-0.2, 0) is 9.53 Å². The predicted molar refractivity (Wildman–Crippen MR) is 69.3 cm³/mol. The Bertz CT molecular complexity index is 397. The van der Waals surface area contributed by atoms with Gasteiger partial charge in [0.05, 0.1) is 12.7 Å². The normalized spacial score (nSPS) is 11.3. The smallest absolute Gasteiger partial charge is 0.338 e. The van der Waals surface area contributed by atoms with Crippen molar-refractivity contribution in [2.45, 2.75) is 13.8 Å². The largest absolute Gasteiger partial charge is 0.465 e. The Balaban J connectivity index is 3.11. The van der Waals surface area contributed by atoms with Crippen LogP contribution in [0.3, 0.4) is 0 Å². The molecule has 0 amide bonds. The fraction of sp³-hybridized carbons (Fsp3) is 0.308. The fourth-order valence-corrected chi connectivity index (χ4v) is 1.93. The second kappa shape index (κ2) is 6.38. The maximum Gasteiger partial charge on any atom is 0.338 e. The molecule has 0 atom stereocenters. The van der Waals surface area contributed by atoms with Crippen LogP contribution in [0, 0.1) is 6.92 Å². The first kappa shape index (κ1) is 12.8. The van der Waals surface area contributed by atoms with Crippen molar-refractivity contribution < 1.29 is 9.53 Å². The van der Waals surface area contributed by atoms with E-state index in [1.165, 1.54) is 7.11 Å². The van der Waals surface area contributed by atoms with E-state index in [-0.39, 0.29) is 5.97 Å². The van der Waals surface area contributed by atoms with Crippen molar-refractivity contribution in [3.63, 3.8) is 0 Å². The maximum atomic E-state index is 11.7. The molecule has 86 valence electrons. The zero-order valence-corrected chi connectivity index (χ0v) is 10.6. The average Bonchev–Trinajstić information content (AvgIpc) is 2.31. The lowest BCUT2D eigenvalue weighted by atomic mass is 10.0. The van der Waals surface area contributed by atoms with Crippen LogP contribution in [0.1, 0.15) is 18.1 Å². The number of carbonyl (C=O) groups excluding carboxylic acids is 1. The van der Waals surface area contributed by atoms with E-state index < -0.39 is 0 Å². The molecule has 0 aliphatic carbocycles. The number of carbonyl (C=O) groups is 1. The lowest BCUT2D eigenvalue weighted by Gasteiger charge is -2.08. The summed E-state index contributed by atoms with van der Waals surface area (Å²) >= 11 is 1.60. The van der Waals surface area contributed by atoms with Gasteiger partial charge in [-0.2, -0.15) is 0 Å². The number of benzene rings is 1. The quantitative estimate of drug-likeness (QED) is 0.593. The number of methoxy groups -OCH3 is 1. The van der Waals surface area contributed by atoms with Gasteiger partial charge in [0.15, 0.2) is 0 Å². The van der Waals surface area contributed by atoms with E-state index in [4.69, 9.17) is 4.74 Å². The van der Waals surface area contributed by atoms with Crippen molar-refractivity contribution in [2.75, 3.05) is 12.9 Å². The Morgan fingerprint density at radius 1 is 1.44 bits per heavy atom. The third kappa shape index (κ3) is 3.14. The van der Waals surface area contributed by atoms with Gasteiger partial charge in [-0.05, 0) is 29.2 Å². The van der Waals surface area contributed by atoms with Crippen molar-refractivity contribution in [2.24, 2.45) is 0 Å². The zero-order chi connectivity index (χ0) is 12.0. The zero-order valence-electron chi connectivity index (χ0n) is 9.82. The van der Waals surface area contributed by atoms with Gasteiger partial charge in [-0.1, -0.05) is 31.2 Å². The highest BCUT2D eigenvalue weighted by molar-refractivity contribution is 8.02. The first-order chi connectivity index (χ1) is 7.70. The Kier molecular flexibility index (Phi) is 5.12. The molecular weight excluding hydrogens is 220 g/mol. The topological polar surface area (TPSA) is 26.3 Å². The molecule has 0 bridgehead atoms. The van der Waals surface area contributed by atoms with Crippen LogP contribution in [0.4, 0.5) is 0 Å². The third-order valence-corrected chi connectivity index (χ3v) is 2.94. The molecule has 0 saturated heterocycles. The molecular formula is C13H16O2S. The van der Waals surface area contributed by atoms with E-state index >= 15 is 0 Å². The van der Waals surface area contributed by atoms with E-state index in [9.17, 15) is 4.79 Å². The maximum absolute atomic E-state index is 11.7. The molecule has 0 saturated carbocycles. The van der Waals surface area contributed by atoms with Crippen LogP contribution in [0.15, 0.2) is 29.7 Å². The Morgan fingerprint density at radius 3 is 2.69 bits per heavy atom. The Hall–Kier alpha value is -1.22. The van der Waals surface area contributed by atoms with Crippen molar-refractivity contribution in [3.05, 3.63) is 40.8 Å². The molecule has 0 unspecified atom stereocenters. The molecule has 0 N–H and O–H groups in total. The predicted octanol–water partition coefficient (Wildman–Crippen LogP) is 3.26. The van der Waals surface area contributed by atoms with E-state index in [2.05, 4.69) is 0 Å². The summed E-state index contributed by atoms with van der Waals surface area (Å²) in [4.78, 5) is 11.7. The van der Waals surface area contributed by atoms with Crippen LogP contribution in [-0.4, -0.2) is 18.8 Å². The van der Waals surface area contributed by atoms with Gasteiger partial charge in [0.1, 0.15) is 0 Å². The van der Waals surface area contributed by atoms with Crippen LogP contribution in [0.2, 0.25) is 0 Å². The van der Waals surface area contributed by atoms with Gasteiger partial charge in [0.25, 0.3) is 0 Å². The number of aryl methyl sites for hydroxylation is 1. The summed E-state index contributed by atoms with van der Waals surface area (Å²) in [5, 5.41) is 1.87. The number of hydrogen-bond donors (Lipinski definition) is 0. The lowest BCUT2D eigenvalue weighted by molar-refractivity contribution is -0.133. The minimum Gasteiger partial charge on any atom is -0.465 e. The van der Waals surface area contributed by atoms with E-state index in [0.29, 0.717) is 5.57 Å². The van der Waals surface area contributed by atoms with Crippen LogP contribution in [0.25, 0.3) is 5.57 Å². The molecule has 1 rings (SSSR count). The standard InChI is InChI=1S/C13H16O2S/c1-4-16-9-12(13(14)15-3)11-8-6-5-7-10(11)2/h5-9H,4H2,1-3H3/b12-9-. The monoisotopic (exact) mass is 236 g/mol. The van der Waals surface area contributed by atoms with E-state index in [1.54, 1.807) is 11.8 Å². The van der Waals surface area contributed by atoms with Crippen LogP contribution in [0.5, 0.6) is 0 Å². The van der Waals surface area contributed by atoms with E-state index in [0.717, 1.165) is 16.9 Å². The number of hydrogen-bond acceptors (Lipinski definition) is 3. The molecule has 0 aliphatic rings. The van der Waals surface area contributed by atoms with Gasteiger partial charge in [-0.3, -0.25) is 0 Å². The molecule has 16 heavy (non-hydrogen) atoms. The van der Waals surface area contributed by atoms with Gasteiger partial charge in [-0.25, -0.2) is 4.79 Å². The average molecular weight is 236 g/mol. The summed E-state index contributed by atoms with van der Waals surface area (Å²) in [6.45, 7) is 4.04. The van der Waals surface area contributed by atoms with Gasteiger partial charge < -0.3 is 4.74 Å². The molecule has 0 aliphatic heterocycles. The highest BCUT2D eigenvalue weighted by Crippen LogP contribution is 2.22. The SMILES string of the molecule is CCS/C=C(\C(=O)OC)c1ccccc1C. The van der Waals surface area contributed by atoms with E-state index in [1.807, 2.05) is 43.5 Å². The number of ether oxygens (including phenoxy) is 1. The van der Waals surface area contributed by atoms with Gasteiger partial charge >= 0.3 is 5.97 Å². The first-order valence-electron chi connectivity index (χ1n) is 5.16. The highest BCUT2D eigenvalue weighted by atomic mass is 32.2. The van der Waals surface area contributed by atoms with Gasteiger partial charge in [0, 0.05) is 0 Å². The first-order valence-corrected chi connectivity index (χ1v) is 6.21. The number of rotatable bonds is 4. The number of thioether (sulfide) groups is 1. The number of esters is 1. The second-order valence-electron chi connectivity index (χ2n) is 3.29. The molecule has 3 heteroatoms. The third-order valence-electron chi connectivity index (χ3n) is 2.21. The van der Waals surface area contributed by atoms with Gasteiger partial charge in [0.2, 0.25) is 0 Å². The lowest BCUT2D eigenvalue weighted by Crippen LogP contribution is -2.04. The Morgan fingerprint density at radius 2 is 2.12 bits per heavy atom. The Labute approximate surface area is 101 Å². The minimum absolute atomic E-state index is 0.282. The molecule has 0 radical (unpaired) electrons. The highest BCUT2D eigenvalue weighted by Gasteiger charge is 2.13. The van der Waals surface area contributed by atoms with Crippen molar-refractivity contribution in [3.8, 4) is 0 Å².